The van der Waals surface area contributed by atoms with E-state index in [1.165, 1.54) is 16.7 Å². The Morgan fingerprint density at radius 2 is 2.37 bits per heavy atom. The van der Waals surface area contributed by atoms with E-state index in [-0.39, 0.29) is 16.7 Å². The fraction of sp³-hybridized carbons (Fsp3) is 0.600. The van der Waals surface area contributed by atoms with Crippen molar-refractivity contribution in [2.75, 3.05) is 18.8 Å². The van der Waals surface area contributed by atoms with Gasteiger partial charge in [-0.1, -0.05) is 6.92 Å². The first-order chi connectivity index (χ1) is 8.89. The highest BCUT2D eigenvalue weighted by molar-refractivity contribution is 8.00. The number of rotatable bonds is 4. The first kappa shape index (κ1) is 14.4. The highest BCUT2D eigenvalue weighted by atomic mass is 32.2. The molecule has 0 aliphatic carbocycles. The van der Waals surface area contributed by atoms with Crippen LogP contribution in [0, 0.1) is 0 Å². The average molecular weight is 305 g/mol. The van der Waals surface area contributed by atoms with Gasteiger partial charge in [0.25, 0.3) is 0 Å². The Labute approximate surface area is 115 Å². The number of thioether (sulfide) groups is 1. The molecular formula is C10H15N3O4S2. The zero-order valence-corrected chi connectivity index (χ0v) is 12.0. The minimum Gasteiger partial charge on any atom is -0.480 e. The normalized spacial score (nSPS) is 21.4. The number of carbonyl (C=O) groups is 1. The molecule has 9 heteroatoms. The van der Waals surface area contributed by atoms with Gasteiger partial charge in [-0.05, 0) is 0 Å². The molecule has 0 saturated carbocycles. The first-order valence-corrected chi connectivity index (χ1v) is 8.24. The summed E-state index contributed by atoms with van der Waals surface area (Å²) in [5.74, 6) is -0.293. The topological polar surface area (TPSA) is 92.5 Å². The second-order valence-electron chi connectivity index (χ2n) is 4.31. The summed E-state index contributed by atoms with van der Waals surface area (Å²) in [4.78, 5) is 10.6. The number of carboxylic acid groups (broad SMARTS) is 1. The third-order valence-corrected chi connectivity index (χ3v) is 5.70. The predicted molar refractivity (Wildman–Crippen MR) is 70.5 cm³/mol. The summed E-state index contributed by atoms with van der Waals surface area (Å²) < 4.78 is 27.2. The minimum atomic E-state index is -3.57. The number of carboxylic acids is 1. The van der Waals surface area contributed by atoms with Crippen LogP contribution in [0.25, 0.3) is 0 Å². The largest absolute Gasteiger partial charge is 0.480 e. The van der Waals surface area contributed by atoms with E-state index >= 15 is 0 Å². The van der Waals surface area contributed by atoms with Crippen LogP contribution < -0.4 is 0 Å². The van der Waals surface area contributed by atoms with Crippen molar-refractivity contribution in [2.45, 2.75) is 23.6 Å². The molecule has 19 heavy (non-hydrogen) atoms. The Hall–Kier alpha value is -1.06. The number of nitrogens with zero attached hydrogens (tertiary/aromatic N) is 3. The second kappa shape index (κ2) is 5.51. The zero-order chi connectivity index (χ0) is 14.0. The predicted octanol–water partition coefficient (Wildman–Crippen LogP) is 0.0937. The van der Waals surface area contributed by atoms with Crippen molar-refractivity contribution in [3.63, 3.8) is 0 Å². The molecular weight excluding hydrogens is 290 g/mol. The van der Waals surface area contributed by atoms with E-state index in [1.807, 2.05) is 6.92 Å². The van der Waals surface area contributed by atoms with Crippen molar-refractivity contribution in [2.24, 2.45) is 0 Å². The van der Waals surface area contributed by atoms with Gasteiger partial charge in [-0.2, -0.15) is 21.2 Å². The summed E-state index contributed by atoms with van der Waals surface area (Å²) in [6.45, 7) is 2.58. The van der Waals surface area contributed by atoms with Gasteiger partial charge < -0.3 is 5.11 Å². The Bertz CT molecular complexity index is 569. The van der Waals surface area contributed by atoms with Crippen molar-refractivity contribution in [3.05, 3.63) is 12.4 Å². The molecule has 2 heterocycles. The van der Waals surface area contributed by atoms with Gasteiger partial charge in [0.15, 0.2) is 0 Å². The lowest BCUT2D eigenvalue weighted by Crippen LogP contribution is -2.40. The van der Waals surface area contributed by atoms with Crippen molar-refractivity contribution < 1.29 is 18.3 Å². The molecule has 2 rings (SSSR count). The van der Waals surface area contributed by atoms with Crippen molar-refractivity contribution >= 4 is 27.8 Å². The lowest BCUT2D eigenvalue weighted by molar-refractivity contribution is -0.137. The molecule has 0 bridgehead atoms. The molecule has 1 aliphatic heterocycles. The maximum atomic E-state index is 12.3. The molecule has 1 N–H and O–H groups in total. The molecule has 1 atom stereocenters. The van der Waals surface area contributed by atoms with E-state index in [0.29, 0.717) is 13.1 Å². The highest BCUT2D eigenvalue weighted by Gasteiger charge is 2.30. The van der Waals surface area contributed by atoms with E-state index in [9.17, 15) is 13.2 Å². The van der Waals surface area contributed by atoms with Crippen molar-refractivity contribution in [3.8, 4) is 0 Å². The molecule has 0 radical (unpaired) electrons. The van der Waals surface area contributed by atoms with E-state index in [2.05, 4.69) is 5.10 Å². The maximum Gasteiger partial charge on any atom is 0.325 e. The standard InChI is InChI=1S/C10H15N3O4S2/c1-8-5-13(2-3-18-8)19(16,17)9-4-11-12(6-9)7-10(14)15/h4,6,8H,2-3,5,7H2,1H3,(H,14,15). The van der Waals surface area contributed by atoms with Crippen molar-refractivity contribution in [1.29, 1.82) is 0 Å². The summed E-state index contributed by atoms with van der Waals surface area (Å²) in [7, 11) is -3.57. The third kappa shape index (κ3) is 3.28. The molecule has 1 saturated heterocycles. The fourth-order valence-electron chi connectivity index (χ4n) is 1.86. The molecule has 0 amide bonds. The van der Waals surface area contributed by atoms with E-state index < -0.39 is 16.0 Å². The third-order valence-electron chi connectivity index (χ3n) is 2.75. The van der Waals surface area contributed by atoms with E-state index in [1.54, 1.807) is 11.8 Å². The number of hydrogen-bond acceptors (Lipinski definition) is 5. The summed E-state index contributed by atoms with van der Waals surface area (Å²) in [5.41, 5.74) is 0. The SMILES string of the molecule is CC1CN(S(=O)(=O)c2cnn(CC(=O)O)c2)CCS1. The van der Waals surface area contributed by atoms with Crippen molar-refractivity contribution in [1.82, 2.24) is 14.1 Å². The molecule has 1 fully saturated rings. The summed E-state index contributed by atoms with van der Waals surface area (Å²) in [6, 6.07) is 0. The summed E-state index contributed by atoms with van der Waals surface area (Å²) in [6.07, 6.45) is 2.46. The number of aromatic nitrogens is 2. The quantitative estimate of drug-likeness (QED) is 0.848. The van der Waals surface area contributed by atoms with Crippen LogP contribution in [0.4, 0.5) is 0 Å². The van der Waals surface area contributed by atoms with Crippen LogP contribution in [0.5, 0.6) is 0 Å². The van der Waals surface area contributed by atoms with Gasteiger partial charge in [0, 0.05) is 30.3 Å². The molecule has 0 spiro atoms. The fourth-order valence-corrected chi connectivity index (χ4v) is 4.57. The molecule has 7 nitrogen and oxygen atoms in total. The lowest BCUT2D eigenvalue weighted by Gasteiger charge is -2.29. The molecule has 106 valence electrons. The summed E-state index contributed by atoms with van der Waals surface area (Å²) in [5, 5.41) is 12.7. The number of aliphatic carboxylic acids is 1. The van der Waals surface area contributed by atoms with Gasteiger partial charge in [-0.3, -0.25) is 9.48 Å². The molecule has 0 aromatic carbocycles. The van der Waals surface area contributed by atoms with Crippen LogP contribution in [0.3, 0.4) is 0 Å². The maximum absolute atomic E-state index is 12.3. The van der Waals surface area contributed by atoms with Crippen LogP contribution in [0.15, 0.2) is 17.3 Å². The van der Waals surface area contributed by atoms with Crippen LogP contribution in [0.1, 0.15) is 6.92 Å². The Morgan fingerprint density at radius 1 is 1.63 bits per heavy atom. The van der Waals surface area contributed by atoms with Gasteiger partial charge in [0.1, 0.15) is 11.4 Å². The van der Waals surface area contributed by atoms with Gasteiger partial charge in [-0.25, -0.2) is 8.42 Å². The van der Waals surface area contributed by atoms with Gasteiger partial charge in [0.2, 0.25) is 10.0 Å². The highest BCUT2D eigenvalue weighted by Crippen LogP contribution is 2.23. The van der Waals surface area contributed by atoms with Crippen LogP contribution >= 0.6 is 11.8 Å². The van der Waals surface area contributed by atoms with Gasteiger partial charge in [-0.15, -0.1) is 0 Å². The zero-order valence-electron chi connectivity index (χ0n) is 10.4. The van der Waals surface area contributed by atoms with Crippen LogP contribution in [-0.2, 0) is 21.4 Å². The molecule has 1 aromatic heterocycles. The monoisotopic (exact) mass is 305 g/mol. The average Bonchev–Trinajstić information content (AvgIpc) is 2.77. The number of hydrogen-bond donors (Lipinski definition) is 1. The smallest absolute Gasteiger partial charge is 0.325 e. The lowest BCUT2D eigenvalue weighted by atomic mass is 10.4. The summed E-state index contributed by atoms with van der Waals surface area (Å²) >= 11 is 1.74. The Kier molecular flexibility index (Phi) is 4.16. The number of sulfonamides is 1. The van der Waals surface area contributed by atoms with E-state index in [4.69, 9.17) is 5.11 Å². The van der Waals surface area contributed by atoms with Gasteiger partial charge in [0.05, 0.1) is 6.20 Å². The minimum absolute atomic E-state index is 0.0489. The van der Waals surface area contributed by atoms with Gasteiger partial charge >= 0.3 is 5.97 Å². The molecule has 1 aromatic rings. The first-order valence-electron chi connectivity index (χ1n) is 5.75. The Balaban J connectivity index is 2.19. The second-order valence-corrected chi connectivity index (χ2v) is 7.80. The molecule has 1 aliphatic rings. The Morgan fingerprint density at radius 3 is 3.00 bits per heavy atom. The van der Waals surface area contributed by atoms with Crippen LogP contribution in [-0.4, -0.2) is 57.7 Å². The van der Waals surface area contributed by atoms with E-state index in [0.717, 1.165) is 10.4 Å². The molecule has 1 unspecified atom stereocenters. The van der Waals surface area contributed by atoms with Crippen LogP contribution in [0.2, 0.25) is 0 Å².